The molecule has 2 rings (SSSR count). The van der Waals surface area contributed by atoms with Crippen LogP contribution in [0.5, 0.6) is 0 Å². The van der Waals surface area contributed by atoms with Crippen LogP contribution in [0, 0.1) is 0 Å². The first-order valence-corrected chi connectivity index (χ1v) is 5.94. The second kappa shape index (κ2) is 4.94. The average Bonchev–Trinajstić information content (AvgIpc) is 2.88. The average molecular weight is 235 g/mol. The van der Waals surface area contributed by atoms with Gasteiger partial charge in [0.25, 0.3) is 0 Å². The molecule has 0 aliphatic rings. The van der Waals surface area contributed by atoms with E-state index >= 15 is 0 Å². The van der Waals surface area contributed by atoms with E-state index in [1.807, 2.05) is 24.4 Å². The fraction of sp³-hybridized carbons (Fsp3) is 0.273. The van der Waals surface area contributed by atoms with E-state index in [-0.39, 0.29) is 11.9 Å². The largest absolute Gasteiger partial charge is 0.349 e. The number of carbonyl (C=O) groups is 1. The number of aromatic nitrogens is 2. The summed E-state index contributed by atoms with van der Waals surface area (Å²) in [5.41, 5.74) is 0.986. The molecule has 84 valence electrons. The van der Waals surface area contributed by atoms with Crippen molar-refractivity contribution in [2.45, 2.75) is 19.4 Å². The summed E-state index contributed by atoms with van der Waals surface area (Å²) in [5.74, 6) is 0.0381. The van der Waals surface area contributed by atoms with Crippen molar-refractivity contribution in [1.29, 1.82) is 0 Å². The Bertz CT molecular complexity index is 436. The summed E-state index contributed by atoms with van der Waals surface area (Å²) in [5, 5.41) is 11.5. The molecule has 0 aliphatic carbocycles. The lowest BCUT2D eigenvalue weighted by Gasteiger charge is -2.11. The molecular weight excluding hydrogens is 222 g/mol. The van der Waals surface area contributed by atoms with Crippen LogP contribution in [0.3, 0.4) is 0 Å². The lowest BCUT2D eigenvalue weighted by atomic mass is 10.2. The van der Waals surface area contributed by atoms with E-state index in [0.717, 1.165) is 10.4 Å². The quantitative estimate of drug-likeness (QED) is 0.850. The minimum Gasteiger partial charge on any atom is -0.349 e. The van der Waals surface area contributed by atoms with Gasteiger partial charge in [-0.1, -0.05) is 6.07 Å². The molecule has 2 aromatic heterocycles. The molecule has 1 unspecified atom stereocenters. The molecule has 0 bridgehead atoms. The Morgan fingerprint density at radius 3 is 3.19 bits per heavy atom. The molecule has 0 aromatic carbocycles. The van der Waals surface area contributed by atoms with Gasteiger partial charge in [0.15, 0.2) is 0 Å². The van der Waals surface area contributed by atoms with Crippen LogP contribution >= 0.6 is 11.3 Å². The normalized spacial score (nSPS) is 12.3. The number of H-pyrrole nitrogens is 1. The molecule has 2 N–H and O–H groups in total. The van der Waals surface area contributed by atoms with Gasteiger partial charge in [-0.15, -0.1) is 11.3 Å². The highest BCUT2D eigenvalue weighted by molar-refractivity contribution is 7.10. The van der Waals surface area contributed by atoms with Gasteiger partial charge in [0, 0.05) is 16.6 Å². The molecule has 0 saturated heterocycles. The number of carbonyl (C=O) groups excluding carboxylic acids is 1. The molecule has 16 heavy (non-hydrogen) atoms. The van der Waals surface area contributed by atoms with Crippen LogP contribution in [0.2, 0.25) is 0 Å². The van der Waals surface area contributed by atoms with Crippen molar-refractivity contribution >= 4 is 17.2 Å². The highest BCUT2D eigenvalue weighted by atomic mass is 32.1. The molecule has 0 spiro atoms. The molecule has 2 heterocycles. The zero-order valence-corrected chi connectivity index (χ0v) is 9.75. The van der Waals surface area contributed by atoms with Crippen LogP contribution in [0.1, 0.15) is 23.4 Å². The van der Waals surface area contributed by atoms with Crippen molar-refractivity contribution in [3.63, 3.8) is 0 Å². The summed E-state index contributed by atoms with van der Waals surface area (Å²) in [6, 6.07) is 3.91. The summed E-state index contributed by atoms with van der Waals surface area (Å²) >= 11 is 1.60. The maximum absolute atomic E-state index is 11.7. The van der Waals surface area contributed by atoms with E-state index in [4.69, 9.17) is 0 Å². The summed E-state index contributed by atoms with van der Waals surface area (Å²) in [6.45, 7) is 1.94. The maximum Gasteiger partial charge on any atom is 0.225 e. The van der Waals surface area contributed by atoms with Gasteiger partial charge in [0.1, 0.15) is 0 Å². The number of nitrogens with zero attached hydrogens (tertiary/aromatic N) is 1. The number of thiophene rings is 1. The monoisotopic (exact) mass is 235 g/mol. The van der Waals surface area contributed by atoms with Crippen LogP contribution < -0.4 is 5.32 Å². The molecule has 4 nitrogen and oxygen atoms in total. The first-order valence-electron chi connectivity index (χ1n) is 5.06. The van der Waals surface area contributed by atoms with Gasteiger partial charge < -0.3 is 5.32 Å². The predicted octanol–water partition coefficient (Wildman–Crippen LogP) is 1.89. The van der Waals surface area contributed by atoms with Gasteiger partial charge in [-0.2, -0.15) is 5.10 Å². The summed E-state index contributed by atoms with van der Waals surface area (Å²) in [4.78, 5) is 12.8. The second-order valence-corrected chi connectivity index (χ2v) is 4.61. The molecule has 5 heteroatoms. The SMILES string of the molecule is CC(NC(=O)Cc1cccs1)c1cn[nH]c1. The minimum absolute atomic E-state index is 0.00814. The predicted molar refractivity (Wildman–Crippen MR) is 63.2 cm³/mol. The number of hydrogen-bond donors (Lipinski definition) is 2. The molecule has 2 aromatic rings. The van der Waals surface area contributed by atoms with E-state index in [2.05, 4.69) is 15.5 Å². The first-order chi connectivity index (χ1) is 7.75. The number of nitrogens with one attached hydrogen (secondary N) is 2. The number of hydrogen-bond acceptors (Lipinski definition) is 3. The van der Waals surface area contributed by atoms with Crippen molar-refractivity contribution in [3.8, 4) is 0 Å². The molecule has 0 fully saturated rings. The lowest BCUT2D eigenvalue weighted by Crippen LogP contribution is -2.27. The van der Waals surface area contributed by atoms with E-state index in [9.17, 15) is 4.79 Å². The zero-order chi connectivity index (χ0) is 11.4. The van der Waals surface area contributed by atoms with E-state index in [0.29, 0.717) is 6.42 Å². The maximum atomic E-state index is 11.7. The van der Waals surface area contributed by atoms with E-state index in [1.54, 1.807) is 23.7 Å². The van der Waals surface area contributed by atoms with Crippen molar-refractivity contribution < 1.29 is 4.79 Å². The Morgan fingerprint density at radius 1 is 1.69 bits per heavy atom. The Balaban J connectivity index is 1.88. The van der Waals surface area contributed by atoms with E-state index in [1.165, 1.54) is 0 Å². The van der Waals surface area contributed by atoms with Crippen molar-refractivity contribution in [2.75, 3.05) is 0 Å². The molecule has 0 radical (unpaired) electrons. The first kappa shape index (κ1) is 10.9. The van der Waals surface area contributed by atoms with Gasteiger partial charge in [-0.25, -0.2) is 0 Å². The fourth-order valence-electron chi connectivity index (χ4n) is 1.44. The molecule has 0 aliphatic heterocycles. The van der Waals surface area contributed by atoms with E-state index < -0.39 is 0 Å². The molecular formula is C11H13N3OS. The second-order valence-electron chi connectivity index (χ2n) is 3.58. The van der Waals surface area contributed by atoms with Crippen LogP contribution in [0.15, 0.2) is 29.9 Å². The summed E-state index contributed by atoms with van der Waals surface area (Å²) < 4.78 is 0. The van der Waals surface area contributed by atoms with Crippen LogP contribution in [0.4, 0.5) is 0 Å². The van der Waals surface area contributed by atoms with Crippen LogP contribution in [-0.4, -0.2) is 16.1 Å². The minimum atomic E-state index is -0.00814. The Labute approximate surface area is 97.7 Å². The third-order valence-corrected chi connectivity index (χ3v) is 3.19. The van der Waals surface area contributed by atoms with Gasteiger partial charge in [-0.3, -0.25) is 9.89 Å². The third-order valence-electron chi connectivity index (χ3n) is 2.31. The number of aromatic amines is 1. The van der Waals surface area contributed by atoms with Gasteiger partial charge in [0.2, 0.25) is 5.91 Å². The van der Waals surface area contributed by atoms with Crippen LogP contribution in [-0.2, 0) is 11.2 Å². The third kappa shape index (κ3) is 2.70. The highest BCUT2D eigenvalue weighted by Gasteiger charge is 2.10. The lowest BCUT2D eigenvalue weighted by molar-refractivity contribution is -0.121. The molecule has 1 atom stereocenters. The Hall–Kier alpha value is -1.62. The Morgan fingerprint density at radius 2 is 2.56 bits per heavy atom. The molecule has 1 amide bonds. The Kier molecular flexibility index (Phi) is 3.36. The van der Waals surface area contributed by atoms with Crippen molar-refractivity contribution in [2.24, 2.45) is 0 Å². The van der Waals surface area contributed by atoms with Crippen LogP contribution in [0.25, 0.3) is 0 Å². The van der Waals surface area contributed by atoms with Gasteiger partial charge in [0.05, 0.1) is 18.7 Å². The summed E-state index contributed by atoms with van der Waals surface area (Å²) in [7, 11) is 0. The highest BCUT2D eigenvalue weighted by Crippen LogP contribution is 2.12. The van der Waals surface area contributed by atoms with Gasteiger partial charge >= 0.3 is 0 Å². The standard InChI is InChI=1S/C11H13N3OS/c1-8(9-6-12-13-7-9)14-11(15)5-10-3-2-4-16-10/h2-4,6-8H,5H2,1H3,(H,12,13)(H,14,15). The fourth-order valence-corrected chi connectivity index (χ4v) is 2.15. The smallest absolute Gasteiger partial charge is 0.225 e. The van der Waals surface area contributed by atoms with Gasteiger partial charge in [-0.05, 0) is 18.4 Å². The molecule has 0 saturated carbocycles. The number of rotatable bonds is 4. The van der Waals surface area contributed by atoms with Crippen molar-refractivity contribution in [3.05, 3.63) is 40.3 Å². The summed E-state index contributed by atoms with van der Waals surface area (Å²) in [6.07, 6.45) is 3.95. The van der Waals surface area contributed by atoms with Crippen molar-refractivity contribution in [1.82, 2.24) is 15.5 Å². The number of amides is 1. The topological polar surface area (TPSA) is 57.8 Å². The zero-order valence-electron chi connectivity index (χ0n) is 8.93.